The molecule has 1 aliphatic rings. The lowest BCUT2D eigenvalue weighted by Crippen LogP contribution is -2.27. The molecule has 0 radical (unpaired) electrons. The maximum absolute atomic E-state index is 5.86. The molecule has 1 aromatic heterocycles. The summed E-state index contributed by atoms with van der Waals surface area (Å²) in [5, 5.41) is 0. The number of aromatic nitrogens is 2. The molecule has 0 aliphatic heterocycles. The minimum atomic E-state index is 0.179. The van der Waals surface area contributed by atoms with Crippen molar-refractivity contribution < 1.29 is 0 Å². The standard InChI is InChI=1S/C10H17N3/c1-9(2)5-10(9,6-11)8-4-12-7-13(8)3/h4,7H,5-6,11H2,1-3H3. The lowest BCUT2D eigenvalue weighted by molar-refractivity contribution is 0.481. The maximum atomic E-state index is 5.86. The average molecular weight is 179 g/mol. The van der Waals surface area contributed by atoms with Gasteiger partial charge in [0, 0.05) is 30.9 Å². The van der Waals surface area contributed by atoms with Gasteiger partial charge in [0.1, 0.15) is 0 Å². The molecule has 1 heterocycles. The molecule has 1 aromatic rings. The topological polar surface area (TPSA) is 43.8 Å². The molecule has 0 saturated heterocycles. The fourth-order valence-corrected chi connectivity index (χ4v) is 2.42. The van der Waals surface area contributed by atoms with E-state index in [1.807, 2.05) is 19.6 Å². The minimum absolute atomic E-state index is 0.179. The summed E-state index contributed by atoms with van der Waals surface area (Å²) in [7, 11) is 2.04. The van der Waals surface area contributed by atoms with Crippen LogP contribution in [0.5, 0.6) is 0 Å². The van der Waals surface area contributed by atoms with Crippen molar-refractivity contribution in [2.75, 3.05) is 6.54 Å². The van der Waals surface area contributed by atoms with Crippen molar-refractivity contribution in [3.8, 4) is 0 Å². The molecule has 2 N–H and O–H groups in total. The lowest BCUT2D eigenvalue weighted by Gasteiger charge is -2.18. The third-order valence-corrected chi connectivity index (χ3v) is 3.57. The summed E-state index contributed by atoms with van der Waals surface area (Å²) >= 11 is 0. The van der Waals surface area contributed by atoms with Gasteiger partial charge < -0.3 is 10.3 Å². The molecular formula is C10H17N3. The fourth-order valence-electron chi connectivity index (χ4n) is 2.42. The van der Waals surface area contributed by atoms with Crippen LogP contribution >= 0.6 is 0 Å². The van der Waals surface area contributed by atoms with Gasteiger partial charge in [0.25, 0.3) is 0 Å². The summed E-state index contributed by atoms with van der Waals surface area (Å²) in [6.07, 6.45) is 4.97. The van der Waals surface area contributed by atoms with Crippen LogP contribution in [0.4, 0.5) is 0 Å². The molecule has 2 rings (SSSR count). The number of nitrogens with zero attached hydrogens (tertiary/aromatic N) is 2. The molecule has 1 saturated carbocycles. The molecule has 0 amide bonds. The molecular weight excluding hydrogens is 162 g/mol. The molecule has 0 aromatic carbocycles. The predicted molar refractivity (Wildman–Crippen MR) is 52.3 cm³/mol. The second-order valence-electron chi connectivity index (χ2n) is 4.74. The van der Waals surface area contributed by atoms with Crippen molar-refractivity contribution in [2.24, 2.45) is 18.2 Å². The Morgan fingerprint density at radius 1 is 1.62 bits per heavy atom. The van der Waals surface area contributed by atoms with Gasteiger partial charge in [0.05, 0.1) is 6.33 Å². The number of aryl methyl sites for hydroxylation is 1. The molecule has 1 atom stereocenters. The Morgan fingerprint density at radius 2 is 2.23 bits per heavy atom. The van der Waals surface area contributed by atoms with Crippen LogP contribution in [0.1, 0.15) is 26.0 Å². The van der Waals surface area contributed by atoms with Crippen molar-refractivity contribution >= 4 is 0 Å². The van der Waals surface area contributed by atoms with Crippen molar-refractivity contribution in [2.45, 2.75) is 25.7 Å². The van der Waals surface area contributed by atoms with E-state index in [0.29, 0.717) is 5.41 Å². The van der Waals surface area contributed by atoms with E-state index in [0.717, 1.165) is 6.54 Å². The van der Waals surface area contributed by atoms with Gasteiger partial charge in [0.2, 0.25) is 0 Å². The van der Waals surface area contributed by atoms with E-state index >= 15 is 0 Å². The number of nitrogens with two attached hydrogens (primary N) is 1. The van der Waals surface area contributed by atoms with Crippen LogP contribution in [-0.4, -0.2) is 16.1 Å². The molecule has 1 fully saturated rings. The molecule has 3 heteroatoms. The number of hydrogen-bond donors (Lipinski definition) is 1. The Morgan fingerprint density at radius 3 is 2.54 bits per heavy atom. The van der Waals surface area contributed by atoms with Crippen LogP contribution in [0.3, 0.4) is 0 Å². The lowest BCUT2D eigenvalue weighted by atomic mass is 9.93. The number of hydrogen-bond acceptors (Lipinski definition) is 2. The largest absolute Gasteiger partial charge is 0.337 e. The van der Waals surface area contributed by atoms with E-state index in [9.17, 15) is 0 Å². The Bertz CT molecular complexity index is 327. The first-order chi connectivity index (χ1) is 6.03. The smallest absolute Gasteiger partial charge is 0.0945 e. The number of imidazole rings is 1. The highest BCUT2D eigenvalue weighted by atomic mass is 15.0. The normalized spacial score (nSPS) is 30.5. The monoisotopic (exact) mass is 179 g/mol. The van der Waals surface area contributed by atoms with Crippen LogP contribution in [0.25, 0.3) is 0 Å². The summed E-state index contributed by atoms with van der Waals surface area (Å²) in [5.74, 6) is 0. The van der Waals surface area contributed by atoms with E-state index in [4.69, 9.17) is 5.73 Å². The summed E-state index contributed by atoms with van der Waals surface area (Å²) in [6, 6.07) is 0. The Labute approximate surface area is 79.0 Å². The van der Waals surface area contributed by atoms with Gasteiger partial charge in [-0.2, -0.15) is 0 Å². The fraction of sp³-hybridized carbons (Fsp3) is 0.700. The van der Waals surface area contributed by atoms with Crippen molar-refractivity contribution in [1.82, 2.24) is 9.55 Å². The van der Waals surface area contributed by atoms with E-state index < -0.39 is 0 Å². The third-order valence-electron chi connectivity index (χ3n) is 3.57. The van der Waals surface area contributed by atoms with Crippen LogP contribution in [0.15, 0.2) is 12.5 Å². The highest BCUT2D eigenvalue weighted by molar-refractivity contribution is 5.32. The highest BCUT2D eigenvalue weighted by Gasteiger charge is 2.62. The third kappa shape index (κ3) is 0.967. The second kappa shape index (κ2) is 2.35. The van der Waals surface area contributed by atoms with Gasteiger partial charge >= 0.3 is 0 Å². The summed E-state index contributed by atoms with van der Waals surface area (Å²) in [4.78, 5) is 4.15. The molecule has 13 heavy (non-hydrogen) atoms. The van der Waals surface area contributed by atoms with Gasteiger partial charge in [-0.25, -0.2) is 4.98 Å². The molecule has 3 nitrogen and oxygen atoms in total. The van der Waals surface area contributed by atoms with Crippen LogP contribution in [0, 0.1) is 5.41 Å². The Kier molecular flexibility index (Phi) is 1.58. The van der Waals surface area contributed by atoms with Crippen LogP contribution < -0.4 is 5.73 Å². The van der Waals surface area contributed by atoms with Crippen molar-refractivity contribution in [3.05, 3.63) is 18.2 Å². The Hall–Kier alpha value is -0.830. The quantitative estimate of drug-likeness (QED) is 0.737. The van der Waals surface area contributed by atoms with E-state index in [1.54, 1.807) is 0 Å². The molecule has 0 bridgehead atoms. The van der Waals surface area contributed by atoms with Crippen LogP contribution in [0.2, 0.25) is 0 Å². The van der Waals surface area contributed by atoms with Gasteiger partial charge in [-0.05, 0) is 11.8 Å². The van der Waals surface area contributed by atoms with E-state index in [2.05, 4.69) is 23.4 Å². The first kappa shape index (κ1) is 8.75. The van der Waals surface area contributed by atoms with Crippen LogP contribution in [-0.2, 0) is 12.5 Å². The molecule has 72 valence electrons. The van der Waals surface area contributed by atoms with Gasteiger partial charge in [-0.15, -0.1) is 0 Å². The molecule has 1 unspecified atom stereocenters. The van der Waals surface area contributed by atoms with Crippen molar-refractivity contribution in [1.29, 1.82) is 0 Å². The van der Waals surface area contributed by atoms with E-state index in [-0.39, 0.29) is 5.41 Å². The highest BCUT2D eigenvalue weighted by Crippen LogP contribution is 2.63. The minimum Gasteiger partial charge on any atom is -0.337 e. The second-order valence-corrected chi connectivity index (χ2v) is 4.74. The summed E-state index contributed by atoms with van der Waals surface area (Å²) in [6.45, 7) is 5.26. The number of rotatable bonds is 2. The van der Waals surface area contributed by atoms with Gasteiger partial charge in [-0.1, -0.05) is 13.8 Å². The zero-order valence-electron chi connectivity index (χ0n) is 8.54. The van der Waals surface area contributed by atoms with Gasteiger partial charge in [-0.3, -0.25) is 0 Å². The maximum Gasteiger partial charge on any atom is 0.0945 e. The average Bonchev–Trinajstić information content (AvgIpc) is 2.43. The Balaban J connectivity index is 2.41. The molecule has 1 aliphatic carbocycles. The molecule has 0 spiro atoms. The van der Waals surface area contributed by atoms with E-state index in [1.165, 1.54) is 12.1 Å². The first-order valence-corrected chi connectivity index (χ1v) is 4.70. The zero-order valence-corrected chi connectivity index (χ0v) is 8.54. The summed E-state index contributed by atoms with van der Waals surface area (Å²) < 4.78 is 2.08. The van der Waals surface area contributed by atoms with Crippen molar-refractivity contribution in [3.63, 3.8) is 0 Å². The summed E-state index contributed by atoms with van der Waals surface area (Å²) in [5.41, 5.74) is 7.66. The first-order valence-electron chi connectivity index (χ1n) is 4.70. The zero-order chi connectivity index (χ0) is 9.69. The van der Waals surface area contributed by atoms with Gasteiger partial charge in [0.15, 0.2) is 0 Å². The SMILES string of the molecule is Cn1cncc1C1(CN)CC1(C)C. The predicted octanol–water partition coefficient (Wildman–Crippen LogP) is 1.05.